The molecule has 11 rings (SSSR count). The van der Waals surface area contributed by atoms with Gasteiger partial charge in [0.2, 0.25) is 0 Å². The highest BCUT2D eigenvalue weighted by molar-refractivity contribution is 6.28. The van der Waals surface area contributed by atoms with Gasteiger partial charge in [0.25, 0.3) is 0 Å². The molecule has 2 aliphatic rings. The first-order valence-electron chi connectivity index (χ1n) is 17.9. The SMILES string of the molecule is Cc1ccc(N(c2ccc3c(c2)C2(c4ccccc4-c4ccccc42)c2ccccc2-3)c2cccc3c4ccccc4c4ccccc4c23)cc1. The summed E-state index contributed by atoms with van der Waals surface area (Å²) >= 11 is 0. The first kappa shape index (κ1) is 28.4. The van der Waals surface area contributed by atoms with Gasteiger partial charge in [-0.15, -0.1) is 0 Å². The predicted molar refractivity (Wildman–Crippen MR) is 215 cm³/mol. The summed E-state index contributed by atoms with van der Waals surface area (Å²) in [5.74, 6) is 0. The number of hydrogen-bond acceptors (Lipinski definition) is 1. The topological polar surface area (TPSA) is 3.24 Å². The molecule has 0 fully saturated rings. The van der Waals surface area contributed by atoms with Crippen molar-refractivity contribution in [3.8, 4) is 22.3 Å². The standard InChI is InChI=1S/C50H33N/c1-32-25-27-33(28-26-32)51(48-24-12-20-43-37-14-3-2-13-35(37)36-15-4-5-19-42(36)49(43)48)34-29-30-41-40-18-8-11-23-46(40)50(47(41)31-34)44-21-9-6-16-38(44)39-17-7-10-22-45(39)50/h2-31H,1H3. The van der Waals surface area contributed by atoms with Crippen molar-refractivity contribution < 1.29 is 0 Å². The molecule has 9 aromatic rings. The third-order valence-electron chi connectivity index (χ3n) is 11.5. The Balaban J connectivity index is 1.25. The van der Waals surface area contributed by atoms with Crippen LogP contribution in [0.2, 0.25) is 0 Å². The van der Waals surface area contributed by atoms with Gasteiger partial charge in [-0.3, -0.25) is 0 Å². The van der Waals surface area contributed by atoms with Crippen LogP contribution in [0.1, 0.15) is 27.8 Å². The van der Waals surface area contributed by atoms with Crippen LogP contribution in [0, 0.1) is 6.92 Å². The van der Waals surface area contributed by atoms with Gasteiger partial charge in [-0.05, 0) is 109 Å². The molecule has 51 heavy (non-hydrogen) atoms. The van der Waals surface area contributed by atoms with Crippen LogP contribution in [0.4, 0.5) is 17.1 Å². The Kier molecular flexibility index (Phi) is 5.86. The molecule has 0 saturated heterocycles. The molecule has 0 radical (unpaired) electrons. The summed E-state index contributed by atoms with van der Waals surface area (Å²) in [7, 11) is 0. The molecule has 0 saturated carbocycles. The monoisotopic (exact) mass is 647 g/mol. The third-order valence-corrected chi connectivity index (χ3v) is 11.5. The van der Waals surface area contributed by atoms with Gasteiger partial charge in [-0.25, -0.2) is 0 Å². The predicted octanol–water partition coefficient (Wildman–Crippen LogP) is 13.3. The molecule has 0 atom stereocenters. The second-order valence-electron chi connectivity index (χ2n) is 14.1. The lowest BCUT2D eigenvalue weighted by Gasteiger charge is -2.32. The summed E-state index contributed by atoms with van der Waals surface area (Å²) in [5.41, 5.74) is 15.0. The molecule has 1 heteroatoms. The number of anilines is 3. The zero-order valence-electron chi connectivity index (χ0n) is 28.3. The van der Waals surface area contributed by atoms with Crippen LogP contribution in [-0.2, 0) is 5.41 Å². The van der Waals surface area contributed by atoms with Gasteiger partial charge in [0, 0.05) is 16.8 Å². The first-order chi connectivity index (χ1) is 25.2. The Morgan fingerprint density at radius 3 is 1.35 bits per heavy atom. The van der Waals surface area contributed by atoms with E-state index in [0.717, 1.165) is 11.4 Å². The van der Waals surface area contributed by atoms with E-state index in [1.54, 1.807) is 0 Å². The van der Waals surface area contributed by atoms with Crippen LogP contribution in [-0.4, -0.2) is 0 Å². The van der Waals surface area contributed by atoms with Gasteiger partial charge in [-0.2, -0.15) is 0 Å². The second kappa shape index (κ2) is 10.5. The van der Waals surface area contributed by atoms with Crippen molar-refractivity contribution in [2.45, 2.75) is 12.3 Å². The third kappa shape index (κ3) is 3.75. The van der Waals surface area contributed by atoms with Gasteiger partial charge in [0.15, 0.2) is 0 Å². The maximum atomic E-state index is 2.50. The van der Waals surface area contributed by atoms with Crippen molar-refractivity contribution in [3.05, 3.63) is 210 Å². The zero-order valence-corrected chi connectivity index (χ0v) is 28.3. The molecule has 0 bridgehead atoms. The minimum Gasteiger partial charge on any atom is -0.310 e. The molecular weight excluding hydrogens is 615 g/mol. The van der Waals surface area contributed by atoms with E-state index in [1.807, 2.05) is 0 Å². The van der Waals surface area contributed by atoms with Crippen LogP contribution in [0.5, 0.6) is 0 Å². The molecule has 9 aromatic carbocycles. The summed E-state index contributed by atoms with van der Waals surface area (Å²) in [6.07, 6.45) is 0. The average molecular weight is 648 g/mol. The van der Waals surface area contributed by atoms with Crippen molar-refractivity contribution in [1.29, 1.82) is 0 Å². The fourth-order valence-corrected chi connectivity index (χ4v) is 9.47. The van der Waals surface area contributed by atoms with E-state index in [4.69, 9.17) is 0 Å². The Morgan fingerprint density at radius 1 is 0.353 bits per heavy atom. The molecule has 238 valence electrons. The molecule has 0 heterocycles. The smallest absolute Gasteiger partial charge is 0.0726 e. The molecule has 2 aliphatic carbocycles. The van der Waals surface area contributed by atoms with E-state index in [9.17, 15) is 0 Å². The lowest BCUT2D eigenvalue weighted by molar-refractivity contribution is 0.793. The number of rotatable bonds is 3. The lowest BCUT2D eigenvalue weighted by atomic mass is 9.70. The summed E-state index contributed by atoms with van der Waals surface area (Å²) in [4.78, 5) is 2.49. The van der Waals surface area contributed by atoms with E-state index in [0.29, 0.717) is 0 Å². The number of nitrogens with zero attached hydrogens (tertiary/aromatic N) is 1. The van der Waals surface area contributed by atoms with Crippen molar-refractivity contribution in [1.82, 2.24) is 0 Å². The number of hydrogen-bond donors (Lipinski definition) is 0. The van der Waals surface area contributed by atoms with E-state index in [1.165, 1.54) is 88.1 Å². The number of aryl methyl sites for hydroxylation is 1. The minimum absolute atomic E-state index is 0.407. The number of benzene rings is 9. The Bertz CT molecular complexity index is 2770. The van der Waals surface area contributed by atoms with Crippen molar-refractivity contribution in [3.63, 3.8) is 0 Å². The normalized spacial score (nSPS) is 13.4. The maximum Gasteiger partial charge on any atom is 0.0726 e. The van der Waals surface area contributed by atoms with Crippen LogP contribution in [0.15, 0.2) is 182 Å². The van der Waals surface area contributed by atoms with Crippen molar-refractivity contribution >= 4 is 49.4 Å². The summed E-state index contributed by atoms with van der Waals surface area (Å²) in [6.45, 7) is 2.16. The fraction of sp³-hybridized carbons (Fsp3) is 0.0400. The summed E-state index contributed by atoms with van der Waals surface area (Å²) in [5, 5.41) is 7.64. The van der Waals surface area contributed by atoms with Crippen LogP contribution >= 0.6 is 0 Å². The molecule has 0 amide bonds. The van der Waals surface area contributed by atoms with Gasteiger partial charge in [0.05, 0.1) is 11.1 Å². The first-order valence-corrected chi connectivity index (χ1v) is 17.9. The average Bonchev–Trinajstić information content (AvgIpc) is 3.66. The summed E-state index contributed by atoms with van der Waals surface area (Å²) < 4.78 is 0. The Morgan fingerprint density at radius 2 is 0.784 bits per heavy atom. The van der Waals surface area contributed by atoms with Crippen LogP contribution in [0.3, 0.4) is 0 Å². The van der Waals surface area contributed by atoms with E-state index in [-0.39, 0.29) is 0 Å². The summed E-state index contributed by atoms with van der Waals surface area (Å²) in [6, 6.07) is 68.0. The highest BCUT2D eigenvalue weighted by atomic mass is 15.1. The van der Waals surface area contributed by atoms with Crippen LogP contribution < -0.4 is 4.90 Å². The van der Waals surface area contributed by atoms with Gasteiger partial charge < -0.3 is 4.90 Å². The Labute approximate surface area is 297 Å². The molecule has 1 spiro atoms. The molecule has 0 aromatic heterocycles. The van der Waals surface area contributed by atoms with Crippen LogP contribution in [0.25, 0.3) is 54.6 Å². The maximum absolute atomic E-state index is 2.50. The quantitative estimate of drug-likeness (QED) is 0.173. The zero-order chi connectivity index (χ0) is 33.7. The van der Waals surface area contributed by atoms with Crippen molar-refractivity contribution in [2.75, 3.05) is 4.90 Å². The van der Waals surface area contributed by atoms with E-state index >= 15 is 0 Å². The van der Waals surface area contributed by atoms with Gasteiger partial charge >= 0.3 is 0 Å². The van der Waals surface area contributed by atoms with Gasteiger partial charge in [0.1, 0.15) is 0 Å². The second-order valence-corrected chi connectivity index (χ2v) is 14.1. The number of fused-ring (bicyclic) bond motifs is 16. The highest BCUT2D eigenvalue weighted by Crippen LogP contribution is 2.63. The molecule has 0 N–H and O–H groups in total. The minimum atomic E-state index is -0.407. The van der Waals surface area contributed by atoms with E-state index < -0.39 is 5.41 Å². The molecule has 0 aliphatic heterocycles. The molecule has 0 unspecified atom stereocenters. The highest BCUT2D eigenvalue weighted by Gasteiger charge is 2.51. The lowest BCUT2D eigenvalue weighted by Crippen LogP contribution is -2.26. The Hall–Kier alpha value is -6.44. The van der Waals surface area contributed by atoms with Gasteiger partial charge in [-0.1, -0.05) is 157 Å². The molecule has 1 nitrogen and oxygen atoms in total. The fourth-order valence-electron chi connectivity index (χ4n) is 9.47. The van der Waals surface area contributed by atoms with E-state index in [2.05, 4.69) is 194 Å². The molecular formula is C50H33N. The van der Waals surface area contributed by atoms with Crippen molar-refractivity contribution in [2.24, 2.45) is 0 Å². The largest absolute Gasteiger partial charge is 0.310 e.